The van der Waals surface area contributed by atoms with Crippen LogP contribution in [0.2, 0.25) is 0 Å². The lowest BCUT2D eigenvalue weighted by Crippen LogP contribution is -2.38. The zero-order valence-electron chi connectivity index (χ0n) is 13.3. The van der Waals surface area contributed by atoms with Gasteiger partial charge in [-0.3, -0.25) is 10.00 Å². The molecule has 2 atom stereocenters. The molecular formula is C16H26N4O2. The van der Waals surface area contributed by atoms with E-state index >= 15 is 0 Å². The Hall–Kier alpha value is -0.980. The molecule has 6 nitrogen and oxygen atoms in total. The van der Waals surface area contributed by atoms with Crippen LogP contribution in [-0.2, 0) is 9.47 Å². The Labute approximate surface area is 131 Å². The number of hydrogen-bond acceptors (Lipinski definition) is 5. The van der Waals surface area contributed by atoms with Gasteiger partial charge in [-0.05, 0) is 25.7 Å². The number of methoxy groups -OCH3 is 1. The topological polar surface area (TPSA) is 63.3 Å². The van der Waals surface area contributed by atoms with E-state index in [9.17, 15) is 0 Å². The molecule has 2 saturated heterocycles. The molecule has 3 heterocycles. The number of H-pyrrole nitrogens is 1. The molecule has 1 saturated carbocycles. The maximum absolute atomic E-state index is 5.50. The van der Waals surface area contributed by atoms with Crippen LogP contribution in [0.4, 0.5) is 0 Å². The minimum atomic E-state index is 0.419. The Bertz CT molecular complexity index is 496. The van der Waals surface area contributed by atoms with E-state index in [2.05, 4.69) is 15.1 Å². The van der Waals surface area contributed by atoms with Gasteiger partial charge in [-0.1, -0.05) is 0 Å². The molecule has 0 amide bonds. The second-order valence-corrected chi connectivity index (χ2v) is 6.97. The molecule has 0 aromatic carbocycles. The van der Waals surface area contributed by atoms with Gasteiger partial charge in [-0.15, -0.1) is 0 Å². The Kier molecular flexibility index (Phi) is 4.15. The molecule has 1 aliphatic carbocycles. The molecule has 0 unspecified atom stereocenters. The molecule has 122 valence electrons. The van der Waals surface area contributed by atoms with Crippen LogP contribution in [-0.4, -0.2) is 66.1 Å². The van der Waals surface area contributed by atoms with Gasteiger partial charge in [0.2, 0.25) is 0 Å². The first kappa shape index (κ1) is 14.6. The highest BCUT2D eigenvalue weighted by atomic mass is 16.5. The van der Waals surface area contributed by atoms with Gasteiger partial charge in [0.1, 0.15) is 5.82 Å². The largest absolute Gasteiger partial charge is 0.384 e. The van der Waals surface area contributed by atoms with Crippen molar-refractivity contribution in [1.29, 1.82) is 0 Å². The van der Waals surface area contributed by atoms with Crippen molar-refractivity contribution >= 4 is 0 Å². The first-order valence-corrected chi connectivity index (χ1v) is 8.58. The molecule has 1 aromatic rings. The quantitative estimate of drug-likeness (QED) is 0.893. The SMILES string of the molecule is COC[C@@H]1CN(C2CCOCC2)C[C@H]1c1nc(C2CC2)n[nH]1. The van der Waals surface area contributed by atoms with Crippen molar-refractivity contribution < 1.29 is 9.47 Å². The molecule has 3 aliphatic rings. The Morgan fingerprint density at radius 3 is 2.77 bits per heavy atom. The van der Waals surface area contributed by atoms with Gasteiger partial charge in [0.05, 0.1) is 6.61 Å². The van der Waals surface area contributed by atoms with Gasteiger partial charge in [0.15, 0.2) is 5.82 Å². The minimum Gasteiger partial charge on any atom is -0.384 e. The second kappa shape index (κ2) is 6.26. The zero-order valence-corrected chi connectivity index (χ0v) is 13.3. The molecule has 0 spiro atoms. The normalized spacial score (nSPS) is 31.0. The molecular weight excluding hydrogens is 280 g/mol. The molecule has 3 fully saturated rings. The standard InChI is InChI=1S/C16H26N4O2/c1-21-10-12-8-20(13-4-6-22-7-5-13)9-14(12)16-17-15(18-19-16)11-2-3-11/h11-14H,2-10H2,1H3,(H,17,18,19)/t12-,14+/m0/s1. The fourth-order valence-corrected chi connectivity index (χ4v) is 3.92. The van der Waals surface area contributed by atoms with E-state index in [0.717, 1.165) is 57.4 Å². The van der Waals surface area contributed by atoms with E-state index < -0.39 is 0 Å². The number of hydrogen-bond donors (Lipinski definition) is 1. The molecule has 6 heteroatoms. The van der Waals surface area contributed by atoms with Gasteiger partial charge >= 0.3 is 0 Å². The van der Waals surface area contributed by atoms with Crippen LogP contribution in [0.3, 0.4) is 0 Å². The highest BCUT2D eigenvalue weighted by Crippen LogP contribution is 2.39. The summed E-state index contributed by atoms with van der Waals surface area (Å²) in [6.07, 6.45) is 4.79. The third-order valence-corrected chi connectivity index (χ3v) is 5.37. The van der Waals surface area contributed by atoms with Crippen molar-refractivity contribution in [3.8, 4) is 0 Å². The number of likely N-dealkylation sites (tertiary alicyclic amines) is 1. The van der Waals surface area contributed by atoms with Crippen molar-refractivity contribution in [2.45, 2.75) is 43.6 Å². The highest BCUT2D eigenvalue weighted by molar-refractivity contribution is 5.11. The Morgan fingerprint density at radius 1 is 1.23 bits per heavy atom. The number of aromatic amines is 1. The maximum Gasteiger partial charge on any atom is 0.153 e. The summed E-state index contributed by atoms with van der Waals surface area (Å²) in [5, 5.41) is 7.65. The summed E-state index contributed by atoms with van der Waals surface area (Å²) in [6, 6.07) is 0.656. The van der Waals surface area contributed by atoms with Gasteiger partial charge in [0, 0.05) is 57.2 Å². The lowest BCUT2D eigenvalue weighted by atomic mass is 9.96. The lowest BCUT2D eigenvalue weighted by Gasteiger charge is -2.31. The molecule has 22 heavy (non-hydrogen) atoms. The van der Waals surface area contributed by atoms with Gasteiger partial charge < -0.3 is 9.47 Å². The molecule has 4 rings (SSSR count). The van der Waals surface area contributed by atoms with Gasteiger partial charge in [-0.2, -0.15) is 5.10 Å². The predicted molar refractivity (Wildman–Crippen MR) is 81.9 cm³/mol. The Balaban J connectivity index is 1.48. The van der Waals surface area contributed by atoms with E-state index in [1.165, 1.54) is 12.8 Å². The van der Waals surface area contributed by atoms with Crippen LogP contribution >= 0.6 is 0 Å². The van der Waals surface area contributed by atoms with Crippen LogP contribution in [0.5, 0.6) is 0 Å². The Morgan fingerprint density at radius 2 is 2.05 bits per heavy atom. The summed E-state index contributed by atoms with van der Waals surface area (Å²) < 4.78 is 11.0. The molecule has 0 radical (unpaired) electrons. The van der Waals surface area contributed by atoms with Crippen molar-refractivity contribution in [1.82, 2.24) is 20.1 Å². The van der Waals surface area contributed by atoms with Crippen LogP contribution in [0.15, 0.2) is 0 Å². The van der Waals surface area contributed by atoms with Crippen molar-refractivity contribution in [2.24, 2.45) is 5.92 Å². The maximum atomic E-state index is 5.50. The van der Waals surface area contributed by atoms with E-state index in [0.29, 0.717) is 23.8 Å². The molecule has 1 N–H and O–H groups in total. The smallest absolute Gasteiger partial charge is 0.153 e. The molecule has 1 aromatic heterocycles. The van der Waals surface area contributed by atoms with E-state index in [4.69, 9.17) is 14.5 Å². The average Bonchev–Trinajstić information content (AvgIpc) is 3.14. The summed E-state index contributed by atoms with van der Waals surface area (Å²) in [5.74, 6) is 3.63. The minimum absolute atomic E-state index is 0.419. The predicted octanol–water partition coefficient (Wildman–Crippen LogP) is 1.52. The summed E-state index contributed by atoms with van der Waals surface area (Å²) in [6.45, 7) is 4.76. The van der Waals surface area contributed by atoms with Crippen LogP contribution in [0, 0.1) is 5.92 Å². The van der Waals surface area contributed by atoms with Crippen molar-refractivity contribution in [2.75, 3.05) is 40.0 Å². The number of rotatable bonds is 5. The third kappa shape index (κ3) is 2.92. The average molecular weight is 306 g/mol. The first-order chi connectivity index (χ1) is 10.8. The van der Waals surface area contributed by atoms with E-state index in [1.807, 2.05) is 0 Å². The number of aromatic nitrogens is 3. The summed E-state index contributed by atoms with van der Waals surface area (Å²) >= 11 is 0. The van der Waals surface area contributed by atoms with Gasteiger partial charge in [0.25, 0.3) is 0 Å². The van der Waals surface area contributed by atoms with E-state index in [-0.39, 0.29) is 0 Å². The first-order valence-electron chi connectivity index (χ1n) is 8.58. The van der Waals surface area contributed by atoms with Crippen LogP contribution in [0.1, 0.15) is 49.2 Å². The second-order valence-electron chi connectivity index (χ2n) is 6.97. The fourth-order valence-electron chi connectivity index (χ4n) is 3.92. The van der Waals surface area contributed by atoms with Crippen molar-refractivity contribution in [3.63, 3.8) is 0 Å². The highest BCUT2D eigenvalue weighted by Gasteiger charge is 2.39. The zero-order chi connectivity index (χ0) is 14.9. The van der Waals surface area contributed by atoms with Crippen LogP contribution in [0.25, 0.3) is 0 Å². The summed E-state index contributed by atoms with van der Waals surface area (Å²) in [7, 11) is 1.80. The number of ether oxygens (including phenoxy) is 2. The third-order valence-electron chi connectivity index (χ3n) is 5.37. The van der Waals surface area contributed by atoms with Crippen LogP contribution < -0.4 is 0 Å². The number of nitrogens with one attached hydrogen (secondary N) is 1. The number of nitrogens with zero attached hydrogens (tertiary/aromatic N) is 3. The van der Waals surface area contributed by atoms with E-state index in [1.54, 1.807) is 7.11 Å². The monoisotopic (exact) mass is 306 g/mol. The molecule has 2 aliphatic heterocycles. The summed E-state index contributed by atoms with van der Waals surface area (Å²) in [4.78, 5) is 7.41. The van der Waals surface area contributed by atoms with Gasteiger partial charge in [-0.25, -0.2) is 4.98 Å². The van der Waals surface area contributed by atoms with Crippen molar-refractivity contribution in [3.05, 3.63) is 11.6 Å². The fraction of sp³-hybridized carbons (Fsp3) is 0.875. The lowest BCUT2D eigenvalue weighted by molar-refractivity contribution is 0.0393. The summed E-state index contributed by atoms with van der Waals surface area (Å²) in [5.41, 5.74) is 0. The molecule has 0 bridgehead atoms.